The number of aromatic nitrogens is 5. The lowest BCUT2D eigenvalue weighted by molar-refractivity contribution is 0.951. The highest BCUT2D eigenvalue weighted by Gasteiger charge is 2.21. The molecule has 11 aromatic rings. The van der Waals surface area contributed by atoms with Crippen LogP contribution >= 0.6 is 0 Å². The minimum atomic E-state index is -1.15. The molecule has 0 aliphatic carbocycles. The van der Waals surface area contributed by atoms with E-state index in [0.717, 1.165) is 10.6 Å². The van der Waals surface area contributed by atoms with Gasteiger partial charge >= 0.3 is 0 Å². The van der Waals surface area contributed by atoms with Crippen LogP contribution in [0, 0.1) is 0 Å². The zero-order chi connectivity index (χ0) is 64.9. The largest absolute Gasteiger partial charge is 0.308 e. The normalized spacial score (nSPS) is 19.6. The molecule has 0 atom stereocenters. The first-order valence-corrected chi connectivity index (χ1v) is 16.3. The number of benzene rings is 8. The molecule has 0 saturated heterocycles. The number of para-hydroxylation sites is 4. The molecule has 0 aliphatic rings. The molecule has 0 bridgehead atoms. The quantitative estimate of drug-likeness (QED) is 0.170. The molecule has 0 spiro atoms. The molecule has 5 nitrogen and oxygen atoms in total. The van der Waals surface area contributed by atoms with Crippen molar-refractivity contribution in [2.24, 2.45) is 0 Å². The number of rotatable bonds is 6. The Bertz CT molecular complexity index is 4970. The van der Waals surface area contributed by atoms with Gasteiger partial charge in [0.1, 0.15) is 0 Å². The van der Waals surface area contributed by atoms with E-state index < -0.39 is 294 Å². The summed E-state index contributed by atoms with van der Waals surface area (Å²) >= 11 is 0. The molecule has 262 valence electrons. The summed E-state index contributed by atoms with van der Waals surface area (Å²) in [6.45, 7) is 0. The van der Waals surface area contributed by atoms with Crippen LogP contribution in [0.15, 0.2) is 199 Å². The average molecular weight is 748 g/mol. The molecule has 5 heteroatoms. The zero-order valence-electron chi connectivity index (χ0n) is 59.8. The molecule has 0 unspecified atom stereocenters. The van der Waals surface area contributed by atoms with Crippen molar-refractivity contribution in [3.8, 4) is 56.7 Å². The van der Waals surface area contributed by atoms with Gasteiger partial charge in [-0.15, -0.1) is 0 Å². The summed E-state index contributed by atoms with van der Waals surface area (Å²) in [4.78, 5) is 13.5. The van der Waals surface area contributed by atoms with Crippen LogP contribution in [0.3, 0.4) is 0 Å². The molecule has 0 amide bonds. The molecule has 0 radical (unpaired) electrons. The molecular formula is C51H33N5. The van der Waals surface area contributed by atoms with Gasteiger partial charge in [-0.2, -0.15) is 9.97 Å². The van der Waals surface area contributed by atoms with Crippen molar-refractivity contribution in [1.82, 2.24) is 24.1 Å². The second kappa shape index (κ2) is 13.0. The third-order valence-corrected chi connectivity index (χ3v) is 8.52. The van der Waals surface area contributed by atoms with Crippen molar-refractivity contribution in [3.05, 3.63) is 199 Å². The van der Waals surface area contributed by atoms with Gasteiger partial charge in [0.05, 0.1) is 71.6 Å². The molecule has 8 aromatic carbocycles. The van der Waals surface area contributed by atoms with E-state index in [9.17, 15) is 17.8 Å². The van der Waals surface area contributed by atoms with Crippen molar-refractivity contribution in [2.45, 2.75) is 0 Å². The maximum atomic E-state index is 9.89. The molecule has 56 heavy (non-hydrogen) atoms. The van der Waals surface area contributed by atoms with E-state index in [4.69, 9.17) is 26.0 Å². The molecule has 3 aromatic heterocycles. The third kappa shape index (κ3) is 5.21. The first-order valence-electron chi connectivity index (χ1n) is 32.3. The first-order chi connectivity index (χ1) is 41.1. The molecule has 0 fully saturated rings. The Hall–Kier alpha value is -7.63. The second-order valence-corrected chi connectivity index (χ2v) is 11.6. The lowest BCUT2D eigenvalue weighted by atomic mass is 10.0. The van der Waals surface area contributed by atoms with E-state index in [-0.39, 0.29) is 0 Å². The molecule has 0 N–H and O–H groups in total. The van der Waals surface area contributed by atoms with E-state index >= 15 is 0 Å². The number of fused-ring (bicyclic) bond motifs is 6. The second-order valence-electron chi connectivity index (χ2n) is 11.6. The molecular weight excluding hydrogens is 683 g/mol. The first kappa shape index (κ1) is 13.3. The minimum absolute atomic E-state index is 0.557. The summed E-state index contributed by atoms with van der Waals surface area (Å²) in [7, 11) is 0. The van der Waals surface area contributed by atoms with Crippen LogP contribution in [-0.2, 0) is 0 Å². The van der Waals surface area contributed by atoms with E-state index in [0.29, 0.717) is 4.57 Å². The summed E-state index contributed by atoms with van der Waals surface area (Å²) in [6.07, 6.45) is 0. The Morgan fingerprint density at radius 3 is 1.55 bits per heavy atom. The van der Waals surface area contributed by atoms with Gasteiger partial charge < -0.3 is 4.57 Å². The Morgan fingerprint density at radius 2 is 0.839 bits per heavy atom. The van der Waals surface area contributed by atoms with Crippen molar-refractivity contribution in [3.63, 3.8) is 0 Å². The lowest BCUT2D eigenvalue weighted by Gasteiger charge is -2.15. The average Bonchev–Trinajstić information content (AvgIpc) is 1.66. The summed E-state index contributed by atoms with van der Waals surface area (Å²) < 4.78 is 289. The van der Waals surface area contributed by atoms with Crippen molar-refractivity contribution in [1.29, 1.82) is 0 Å². The fourth-order valence-electron chi connectivity index (χ4n) is 6.15. The van der Waals surface area contributed by atoms with Gasteiger partial charge in [-0.1, -0.05) is 163 Å². The minimum Gasteiger partial charge on any atom is -0.308 e. The van der Waals surface area contributed by atoms with Gasteiger partial charge in [0.25, 0.3) is 0 Å². The summed E-state index contributed by atoms with van der Waals surface area (Å²) in [6, 6.07) is -29.8. The standard InChI is InChI=1S/C51H33N5/c1-3-15-34(16-4-1)36-27-29-37(30-28-36)49-52-50(54-51(53-49)56-45-24-12-8-19-39(45)40-20-9-13-25-46(40)56)43-22-10-14-26-47(43)55-44-23-11-7-21-41(44)42-32-31-38(33-48(42)55)35-17-5-2-6-18-35/h1-33H/i1D,2D,3D,4D,5D,6D,7D,8D,9D,10D,12D,13D,14D,15D,16D,17D,18D,19D,20D,21D,22D,23D,24D,25D,26D,27D,28D,29D,30D,31D,32D,33D. The van der Waals surface area contributed by atoms with Gasteiger partial charge in [-0.25, -0.2) is 4.98 Å². The van der Waals surface area contributed by atoms with E-state index in [1.165, 1.54) is 0 Å². The molecule has 0 saturated carbocycles. The Balaban J connectivity index is 1.40. The Morgan fingerprint density at radius 1 is 0.339 bits per heavy atom. The lowest BCUT2D eigenvalue weighted by Crippen LogP contribution is -2.07. The van der Waals surface area contributed by atoms with Crippen molar-refractivity contribution in [2.75, 3.05) is 0 Å². The van der Waals surface area contributed by atoms with E-state index in [1.807, 2.05) is 0 Å². The fourth-order valence-corrected chi connectivity index (χ4v) is 6.15. The van der Waals surface area contributed by atoms with Crippen molar-refractivity contribution < 1.29 is 43.9 Å². The fraction of sp³-hybridized carbons (Fsp3) is 0. The molecule has 0 aliphatic heterocycles. The van der Waals surface area contributed by atoms with Crippen LogP contribution < -0.4 is 0 Å². The highest BCUT2D eigenvalue weighted by Crippen LogP contribution is 2.38. The predicted molar refractivity (Wildman–Crippen MR) is 230 cm³/mol. The highest BCUT2D eigenvalue weighted by molar-refractivity contribution is 6.11. The van der Waals surface area contributed by atoms with Crippen LogP contribution in [0.4, 0.5) is 0 Å². The van der Waals surface area contributed by atoms with Crippen LogP contribution in [0.2, 0.25) is 0 Å². The number of nitrogens with zero attached hydrogens (tertiary/aromatic N) is 5. The number of hydrogen-bond acceptors (Lipinski definition) is 3. The van der Waals surface area contributed by atoms with Crippen LogP contribution in [0.5, 0.6) is 0 Å². The van der Waals surface area contributed by atoms with Gasteiger partial charge in [-0.05, 0) is 58.5 Å². The van der Waals surface area contributed by atoms with Gasteiger partial charge in [0.2, 0.25) is 5.95 Å². The van der Waals surface area contributed by atoms with Gasteiger partial charge in [-0.3, -0.25) is 4.57 Å². The van der Waals surface area contributed by atoms with Crippen LogP contribution in [-0.4, -0.2) is 24.1 Å². The topological polar surface area (TPSA) is 48.5 Å². The third-order valence-electron chi connectivity index (χ3n) is 8.52. The monoisotopic (exact) mass is 747 g/mol. The SMILES string of the molecule is [2H]c1cc([2H])c2c(c1[2H])c1c([2H])c([2H])c(-c3c([2H])c([2H])c([2H])c([2H])c3[2H])c([2H])c1n2-c1c([2H])c([2H])c([2H])c([2H])c1-c1nc(-c2c([2H])c([2H])c(-c3c([2H])c([2H])c([2H])c([2H])c3[2H])c([2H])c2[2H])nc(-n2c3c([2H])c([2H])c([2H])c([2H])c3c3c([2H])c([2H])c([2H])c([2H])c32)n1. The van der Waals surface area contributed by atoms with Crippen LogP contribution in [0.1, 0.15) is 43.9 Å². The maximum Gasteiger partial charge on any atom is 0.238 e. The van der Waals surface area contributed by atoms with Crippen molar-refractivity contribution >= 4 is 43.6 Å². The maximum absolute atomic E-state index is 9.89. The summed E-state index contributed by atoms with van der Waals surface area (Å²) in [5, 5.41) is -2.28. The smallest absolute Gasteiger partial charge is 0.238 e. The van der Waals surface area contributed by atoms with E-state index in [2.05, 4.69) is 15.0 Å². The predicted octanol–water partition coefficient (Wildman–Crippen LogP) is 12.7. The highest BCUT2D eigenvalue weighted by atomic mass is 15.2. The Kier molecular flexibility index (Phi) is 3.10. The van der Waals surface area contributed by atoms with E-state index in [1.54, 1.807) is 0 Å². The number of hydrogen-bond donors (Lipinski definition) is 0. The van der Waals surface area contributed by atoms with Crippen LogP contribution in [0.25, 0.3) is 100 Å². The Labute approximate surface area is 368 Å². The van der Waals surface area contributed by atoms with Gasteiger partial charge in [0.15, 0.2) is 11.6 Å². The summed E-state index contributed by atoms with van der Waals surface area (Å²) in [5.74, 6) is -3.10. The van der Waals surface area contributed by atoms with Gasteiger partial charge in [0, 0.05) is 32.7 Å². The zero-order valence-corrected chi connectivity index (χ0v) is 27.8. The summed E-state index contributed by atoms with van der Waals surface area (Å²) in [5.41, 5.74) is -8.80. The molecule has 11 rings (SSSR count). The molecule has 3 heterocycles.